The molecule has 3 N–H and O–H groups in total. The van der Waals surface area contributed by atoms with Crippen molar-refractivity contribution in [3.8, 4) is 11.3 Å². The van der Waals surface area contributed by atoms with Gasteiger partial charge in [0.05, 0.1) is 29.2 Å². The smallest absolute Gasteiger partial charge is 0.240 e. The second-order valence-corrected chi connectivity index (χ2v) is 10.1. The molecule has 0 unspecified atom stereocenters. The van der Waals surface area contributed by atoms with Gasteiger partial charge >= 0.3 is 0 Å². The highest BCUT2D eigenvalue weighted by Crippen LogP contribution is 2.33. The maximum atomic E-state index is 12.6. The summed E-state index contributed by atoms with van der Waals surface area (Å²) in [6.07, 6.45) is 1.82. The zero-order chi connectivity index (χ0) is 24.6. The first-order chi connectivity index (χ1) is 16.8. The van der Waals surface area contributed by atoms with Crippen molar-refractivity contribution in [2.24, 2.45) is 0 Å². The maximum Gasteiger partial charge on any atom is 0.240 e. The fourth-order valence-electron chi connectivity index (χ4n) is 3.84. The van der Waals surface area contributed by atoms with E-state index >= 15 is 0 Å². The van der Waals surface area contributed by atoms with Crippen molar-refractivity contribution in [2.45, 2.75) is 31.7 Å². The molecule has 4 aromatic rings. The summed E-state index contributed by atoms with van der Waals surface area (Å²) in [7, 11) is -3.71. The number of amides is 1. The lowest BCUT2D eigenvalue weighted by atomic mass is 10.0. The molecule has 178 valence electrons. The zero-order valence-corrected chi connectivity index (χ0v) is 19.9. The number of benzene rings is 2. The lowest BCUT2D eigenvalue weighted by molar-refractivity contribution is -0.115. The molecule has 0 bridgehead atoms. The fourth-order valence-corrected chi connectivity index (χ4v) is 4.83. The van der Waals surface area contributed by atoms with E-state index in [9.17, 15) is 13.2 Å². The quantitative estimate of drug-likeness (QED) is 0.373. The Kier molecular flexibility index (Phi) is 5.83. The van der Waals surface area contributed by atoms with Crippen LogP contribution in [0.25, 0.3) is 11.3 Å². The second-order valence-electron chi connectivity index (χ2n) is 8.33. The minimum Gasteiger partial charge on any atom is -0.465 e. The van der Waals surface area contributed by atoms with E-state index in [-0.39, 0.29) is 23.8 Å². The number of fused-ring (bicyclic) bond motifs is 3. The standard InChI is InChI=1S/C25H23N5O4S/c1-15-3-10-21-22(11-15)29-23(31)12-17-13-26-25(30-24(17)21)28-18-5-8-20(9-6-18)35(32,33)27-14-19-7-4-16(2)34-19/h3-11,13,27H,12,14H2,1-2H3,(H,29,31)(H,26,28,30). The summed E-state index contributed by atoms with van der Waals surface area (Å²) >= 11 is 0. The van der Waals surface area contributed by atoms with Crippen LogP contribution in [0.1, 0.15) is 22.6 Å². The zero-order valence-electron chi connectivity index (χ0n) is 19.1. The van der Waals surface area contributed by atoms with Crippen molar-refractivity contribution in [2.75, 3.05) is 10.6 Å². The van der Waals surface area contributed by atoms with Gasteiger partial charge < -0.3 is 15.1 Å². The molecule has 10 heteroatoms. The largest absolute Gasteiger partial charge is 0.465 e. The van der Waals surface area contributed by atoms with Crippen molar-refractivity contribution in [3.05, 3.63) is 83.4 Å². The molecular weight excluding hydrogens is 466 g/mol. The molecule has 5 rings (SSSR count). The summed E-state index contributed by atoms with van der Waals surface area (Å²) in [6.45, 7) is 3.83. The Labute approximate surface area is 202 Å². The van der Waals surface area contributed by atoms with Crippen molar-refractivity contribution in [3.63, 3.8) is 0 Å². The lowest BCUT2D eigenvalue weighted by Gasteiger charge is -2.11. The van der Waals surface area contributed by atoms with Gasteiger partial charge in [-0.05, 0) is 61.9 Å². The monoisotopic (exact) mass is 489 g/mol. The van der Waals surface area contributed by atoms with Crippen LogP contribution in [-0.4, -0.2) is 24.3 Å². The summed E-state index contributed by atoms with van der Waals surface area (Å²) < 4.78 is 33.2. The number of nitrogens with zero attached hydrogens (tertiary/aromatic N) is 2. The Morgan fingerprint density at radius 2 is 1.86 bits per heavy atom. The minimum atomic E-state index is -3.71. The van der Waals surface area contributed by atoms with E-state index in [1.165, 1.54) is 12.1 Å². The highest BCUT2D eigenvalue weighted by atomic mass is 32.2. The van der Waals surface area contributed by atoms with Crippen molar-refractivity contribution in [1.82, 2.24) is 14.7 Å². The van der Waals surface area contributed by atoms with Gasteiger partial charge in [0.25, 0.3) is 0 Å². The average Bonchev–Trinajstić information content (AvgIpc) is 3.18. The van der Waals surface area contributed by atoms with E-state index in [1.807, 2.05) is 25.1 Å². The van der Waals surface area contributed by atoms with Crippen LogP contribution in [0.4, 0.5) is 17.3 Å². The summed E-state index contributed by atoms with van der Waals surface area (Å²) in [5.74, 6) is 1.48. The van der Waals surface area contributed by atoms with Crippen molar-refractivity contribution in [1.29, 1.82) is 0 Å². The number of nitrogens with one attached hydrogen (secondary N) is 3. The van der Waals surface area contributed by atoms with Gasteiger partial charge in [-0.15, -0.1) is 0 Å². The molecule has 0 saturated carbocycles. The molecule has 0 saturated heterocycles. The number of anilines is 3. The lowest BCUT2D eigenvalue weighted by Crippen LogP contribution is -2.22. The van der Waals surface area contributed by atoms with Gasteiger partial charge in [0.2, 0.25) is 21.9 Å². The van der Waals surface area contributed by atoms with Gasteiger partial charge in [0.15, 0.2) is 0 Å². The van der Waals surface area contributed by atoms with Crippen LogP contribution in [-0.2, 0) is 27.8 Å². The van der Waals surface area contributed by atoms with Gasteiger partial charge in [-0.2, -0.15) is 0 Å². The molecule has 0 aliphatic carbocycles. The molecule has 9 nitrogen and oxygen atoms in total. The number of carbonyl (C=O) groups is 1. The molecule has 1 aliphatic heterocycles. The van der Waals surface area contributed by atoms with Crippen LogP contribution < -0.4 is 15.4 Å². The van der Waals surface area contributed by atoms with Gasteiger partial charge in [0.1, 0.15) is 11.5 Å². The van der Waals surface area contributed by atoms with Crippen molar-refractivity contribution < 1.29 is 17.6 Å². The van der Waals surface area contributed by atoms with Crippen LogP contribution in [0, 0.1) is 13.8 Å². The number of aryl methyl sites for hydroxylation is 2. The average molecular weight is 490 g/mol. The predicted molar refractivity (Wildman–Crippen MR) is 132 cm³/mol. The molecule has 3 heterocycles. The summed E-state index contributed by atoms with van der Waals surface area (Å²) in [5.41, 5.74) is 4.59. The topological polar surface area (TPSA) is 126 Å². The molecule has 35 heavy (non-hydrogen) atoms. The molecule has 0 atom stereocenters. The van der Waals surface area contributed by atoms with Crippen LogP contribution in [0.5, 0.6) is 0 Å². The van der Waals surface area contributed by atoms with E-state index in [0.29, 0.717) is 28.8 Å². The first kappa shape index (κ1) is 22.8. The number of carbonyl (C=O) groups excluding carboxylic acids is 1. The van der Waals surface area contributed by atoms with Gasteiger partial charge in [-0.3, -0.25) is 4.79 Å². The number of aromatic nitrogens is 2. The van der Waals surface area contributed by atoms with Gasteiger partial charge in [-0.25, -0.2) is 23.1 Å². The third kappa shape index (κ3) is 4.93. The fraction of sp³-hybridized carbons (Fsp3) is 0.160. The highest BCUT2D eigenvalue weighted by Gasteiger charge is 2.21. The molecular formula is C25H23N5O4S. The second kappa shape index (κ2) is 8.97. The Morgan fingerprint density at radius 1 is 1.06 bits per heavy atom. The summed E-state index contributed by atoms with van der Waals surface area (Å²) in [5, 5.41) is 6.04. The van der Waals surface area contributed by atoms with Crippen LogP contribution in [0.3, 0.4) is 0 Å². The summed E-state index contributed by atoms with van der Waals surface area (Å²) in [6, 6.07) is 15.6. The predicted octanol–water partition coefficient (Wildman–Crippen LogP) is 4.07. The molecule has 1 aliphatic rings. The molecule has 2 aromatic carbocycles. The molecule has 2 aromatic heterocycles. The van der Waals surface area contributed by atoms with E-state index in [1.54, 1.807) is 37.4 Å². The Balaban J connectivity index is 1.35. The third-order valence-corrected chi connectivity index (χ3v) is 6.99. The van der Waals surface area contributed by atoms with Gasteiger partial charge in [0, 0.05) is 23.0 Å². The molecule has 0 radical (unpaired) electrons. The molecule has 0 fully saturated rings. The number of hydrogen-bond acceptors (Lipinski definition) is 7. The van der Waals surface area contributed by atoms with E-state index in [2.05, 4.69) is 25.3 Å². The Morgan fingerprint density at radius 3 is 2.60 bits per heavy atom. The normalized spacial score (nSPS) is 12.9. The minimum absolute atomic E-state index is 0.0670. The third-order valence-electron chi connectivity index (χ3n) is 5.57. The molecule has 0 spiro atoms. The first-order valence-electron chi connectivity index (χ1n) is 11.0. The van der Waals surface area contributed by atoms with E-state index in [4.69, 9.17) is 4.42 Å². The summed E-state index contributed by atoms with van der Waals surface area (Å²) in [4.78, 5) is 21.4. The van der Waals surface area contributed by atoms with Crippen LogP contribution in [0.2, 0.25) is 0 Å². The maximum absolute atomic E-state index is 12.6. The van der Waals surface area contributed by atoms with Crippen LogP contribution >= 0.6 is 0 Å². The Hall–Kier alpha value is -4.02. The first-order valence-corrected chi connectivity index (χ1v) is 12.4. The highest BCUT2D eigenvalue weighted by molar-refractivity contribution is 7.89. The number of furan rings is 1. The number of hydrogen-bond donors (Lipinski definition) is 3. The van der Waals surface area contributed by atoms with Gasteiger partial charge in [-0.1, -0.05) is 12.1 Å². The van der Waals surface area contributed by atoms with Crippen LogP contribution in [0.15, 0.2) is 70.1 Å². The van der Waals surface area contributed by atoms with Crippen molar-refractivity contribution >= 4 is 33.3 Å². The number of sulfonamides is 1. The van der Waals surface area contributed by atoms with E-state index in [0.717, 1.165) is 22.5 Å². The molecule has 1 amide bonds. The van der Waals surface area contributed by atoms with E-state index < -0.39 is 10.0 Å². The SMILES string of the molecule is Cc1ccc2c(c1)NC(=O)Cc1cnc(Nc3ccc(S(=O)(=O)NCc4ccc(C)o4)cc3)nc1-2. The number of rotatable bonds is 6. The Bertz CT molecular complexity index is 1530.